The molecule has 1 N–H and O–H groups in total. The van der Waals surface area contributed by atoms with Crippen LogP contribution in [0.25, 0.3) is 0 Å². The Hall–Kier alpha value is -1.59. The highest BCUT2D eigenvalue weighted by molar-refractivity contribution is 6.42. The van der Waals surface area contributed by atoms with Crippen LogP contribution in [0.15, 0.2) is 18.2 Å². The number of hydrogen-bond donors (Lipinski definition) is 1. The summed E-state index contributed by atoms with van der Waals surface area (Å²) in [5.41, 5.74) is 0.801. The molecule has 0 spiro atoms. The van der Waals surface area contributed by atoms with Crippen molar-refractivity contribution in [2.75, 3.05) is 6.54 Å². The van der Waals surface area contributed by atoms with Gasteiger partial charge in [0.05, 0.1) is 27.9 Å². The van der Waals surface area contributed by atoms with Gasteiger partial charge in [0.15, 0.2) is 0 Å². The van der Waals surface area contributed by atoms with Crippen LogP contribution in [0.5, 0.6) is 0 Å². The lowest BCUT2D eigenvalue weighted by Gasteiger charge is -2.19. The summed E-state index contributed by atoms with van der Waals surface area (Å²) >= 11 is 11.9. The summed E-state index contributed by atoms with van der Waals surface area (Å²) in [5.74, 6) is -1.24. The van der Waals surface area contributed by atoms with Crippen molar-refractivity contribution in [2.45, 2.75) is 38.6 Å². The van der Waals surface area contributed by atoms with E-state index < -0.39 is 0 Å². The third kappa shape index (κ3) is 3.67. The molecule has 25 heavy (non-hydrogen) atoms. The number of nitrogens with one attached hydrogen (secondary N) is 1. The molecule has 0 bridgehead atoms. The van der Waals surface area contributed by atoms with Gasteiger partial charge >= 0.3 is 0 Å². The minimum Gasteiger partial charge on any atom is -0.348 e. The van der Waals surface area contributed by atoms with E-state index in [0.29, 0.717) is 10.0 Å². The minimum atomic E-state index is -0.362. The summed E-state index contributed by atoms with van der Waals surface area (Å²) in [6.45, 7) is 1.58. The van der Waals surface area contributed by atoms with Crippen LogP contribution in [0.2, 0.25) is 10.0 Å². The fourth-order valence-electron chi connectivity index (χ4n) is 3.68. The van der Waals surface area contributed by atoms with Gasteiger partial charge in [-0.3, -0.25) is 19.3 Å². The van der Waals surface area contributed by atoms with Gasteiger partial charge in [0.2, 0.25) is 17.7 Å². The van der Waals surface area contributed by atoms with E-state index in [4.69, 9.17) is 23.2 Å². The van der Waals surface area contributed by atoms with Crippen LogP contribution < -0.4 is 5.32 Å². The van der Waals surface area contributed by atoms with Crippen molar-refractivity contribution in [3.63, 3.8) is 0 Å². The molecule has 1 saturated carbocycles. The summed E-state index contributed by atoms with van der Waals surface area (Å²) in [5, 5.41) is 3.66. The van der Waals surface area contributed by atoms with E-state index in [1.54, 1.807) is 18.2 Å². The average molecular weight is 383 g/mol. The number of fused-ring (bicyclic) bond motifs is 1. The number of rotatable bonds is 4. The first-order valence-electron chi connectivity index (χ1n) is 8.48. The summed E-state index contributed by atoms with van der Waals surface area (Å²) in [7, 11) is 0. The summed E-state index contributed by atoms with van der Waals surface area (Å²) < 4.78 is 0. The highest BCUT2D eigenvalue weighted by atomic mass is 35.5. The zero-order chi connectivity index (χ0) is 18.1. The molecule has 3 amide bonds. The van der Waals surface area contributed by atoms with Crippen LogP contribution in [0.3, 0.4) is 0 Å². The lowest BCUT2D eigenvalue weighted by atomic mass is 9.81. The fourth-order valence-corrected chi connectivity index (χ4v) is 3.99. The lowest BCUT2D eigenvalue weighted by molar-refractivity contribution is -0.143. The molecule has 134 valence electrons. The van der Waals surface area contributed by atoms with Crippen LogP contribution >= 0.6 is 23.2 Å². The SMILES string of the molecule is C[C@@H](NC(=O)CN1C(=O)[C@H]2CCCC[C@@H]2C1=O)c1ccc(Cl)c(Cl)c1. The quantitative estimate of drug-likeness (QED) is 0.811. The molecular formula is C18H20Cl2N2O3. The Kier molecular flexibility index (Phi) is 5.35. The van der Waals surface area contributed by atoms with Crippen LogP contribution in [-0.2, 0) is 14.4 Å². The predicted molar refractivity (Wildman–Crippen MR) is 95.2 cm³/mol. The maximum Gasteiger partial charge on any atom is 0.240 e. The highest BCUT2D eigenvalue weighted by Gasteiger charge is 2.48. The van der Waals surface area contributed by atoms with Gasteiger partial charge in [-0.05, 0) is 37.5 Å². The molecular weight excluding hydrogens is 363 g/mol. The number of imide groups is 1. The standard InChI is InChI=1S/C18H20Cl2N2O3/c1-10(11-6-7-14(19)15(20)8-11)21-16(23)9-22-17(24)12-4-2-3-5-13(12)18(22)25/h6-8,10,12-13H,2-5,9H2,1H3,(H,21,23)/t10-,12+,13+/m1/s1. The van der Waals surface area contributed by atoms with Crippen molar-refractivity contribution in [3.05, 3.63) is 33.8 Å². The van der Waals surface area contributed by atoms with Gasteiger partial charge in [-0.1, -0.05) is 42.1 Å². The number of carbonyl (C=O) groups excluding carboxylic acids is 3. The van der Waals surface area contributed by atoms with Gasteiger partial charge in [-0.15, -0.1) is 0 Å². The summed E-state index contributed by atoms with van der Waals surface area (Å²) in [4.78, 5) is 38.3. The Balaban J connectivity index is 1.63. The third-order valence-electron chi connectivity index (χ3n) is 5.06. The summed E-state index contributed by atoms with van der Waals surface area (Å²) in [6, 6.07) is 4.83. The first-order valence-corrected chi connectivity index (χ1v) is 9.23. The number of carbonyl (C=O) groups is 3. The summed E-state index contributed by atoms with van der Waals surface area (Å²) in [6.07, 6.45) is 3.42. The van der Waals surface area contributed by atoms with Crippen LogP contribution in [0.1, 0.15) is 44.2 Å². The number of likely N-dealkylation sites (tertiary alicyclic amines) is 1. The van der Waals surface area contributed by atoms with Crippen molar-refractivity contribution >= 4 is 40.9 Å². The van der Waals surface area contributed by atoms with Gasteiger partial charge in [0, 0.05) is 0 Å². The van der Waals surface area contributed by atoms with Crippen molar-refractivity contribution < 1.29 is 14.4 Å². The predicted octanol–water partition coefficient (Wildman–Crippen LogP) is 3.35. The van der Waals surface area contributed by atoms with E-state index in [1.165, 1.54) is 0 Å². The molecule has 1 heterocycles. The molecule has 0 aromatic heterocycles. The Morgan fingerprint density at radius 2 is 1.76 bits per heavy atom. The Labute approximate surface area is 156 Å². The Bertz CT molecular complexity index is 698. The van der Waals surface area contributed by atoms with Gasteiger partial charge in [0.25, 0.3) is 0 Å². The van der Waals surface area contributed by atoms with E-state index in [0.717, 1.165) is 36.1 Å². The molecule has 1 aliphatic carbocycles. The van der Waals surface area contributed by atoms with Gasteiger partial charge in [0.1, 0.15) is 6.54 Å². The normalized spacial score (nSPS) is 24.2. The van der Waals surface area contributed by atoms with Crippen molar-refractivity contribution in [2.24, 2.45) is 11.8 Å². The molecule has 1 aromatic rings. The monoisotopic (exact) mass is 382 g/mol. The van der Waals surface area contributed by atoms with Crippen LogP contribution in [0.4, 0.5) is 0 Å². The topological polar surface area (TPSA) is 66.5 Å². The zero-order valence-corrected chi connectivity index (χ0v) is 15.4. The van der Waals surface area contributed by atoms with Crippen LogP contribution in [0, 0.1) is 11.8 Å². The van der Waals surface area contributed by atoms with Crippen LogP contribution in [-0.4, -0.2) is 29.2 Å². The molecule has 0 radical (unpaired) electrons. The van der Waals surface area contributed by atoms with E-state index in [9.17, 15) is 14.4 Å². The number of nitrogens with zero attached hydrogens (tertiary/aromatic N) is 1. The number of halogens is 2. The van der Waals surface area contributed by atoms with Crippen molar-refractivity contribution in [1.82, 2.24) is 10.2 Å². The van der Waals surface area contributed by atoms with Gasteiger partial charge < -0.3 is 5.32 Å². The van der Waals surface area contributed by atoms with Gasteiger partial charge in [-0.2, -0.15) is 0 Å². The van der Waals surface area contributed by atoms with E-state index in [-0.39, 0.29) is 42.1 Å². The van der Waals surface area contributed by atoms with Crippen molar-refractivity contribution in [1.29, 1.82) is 0 Å². The largest absolute Gasteiger partial charge is 0.348 e. The number of benzene rings is 1. The molecule has 7 heteroatoms. The smallest absolute Gasteiger partial charge is 0.240 e. The molecule has 1 aromatic carbocycles. The molecule has 3 atom stereocenters. The van der Waals surface area contributed by atoms with Gasteiger partial charge in [-0.25, -0.2) is 0 Å². The fraction of sp³-hybridized carbons (Fsp3) is 0.500. The molecule has 1 saturated heterocycles. The molecule has 3 rings (SSSR count). The molecule has 2 fully saturated rings. The molecule has 5 nitrogen and oxygen atoms in total. The average Bonchev–Trinajstić information content (AvgIpc) is 2.82. The Morgan fingerprint density at radius 1 is 1.16 bits per heavy atom. The zero-order valence-electron chi connectivity index (χ0n) is 13.9. The first kappa shape index (κ1) is 18.2. The minimum absolute atomic E-state index is 0.202. The van der Waals surface area contributed by atoms with Crippen molar-refractivity contribution in [3.8, 4) is 0 Å². The molecule has 2 aliphatic rings. The second-order valence-corrected chi connectivity index (χ2v) is 7.54. The van der Waals surface area contributed by atoms with E-state index in [2.05, 4.69) is 5.32 Å². The number of hydrogen-bond acceptors (Lipinski definition) is 3. The third-order valence-corrected chi connectivity index (χ3v) is 5.79. The second-order valence-electron chi connectivity index (χ2n) is 6.72. The van der Waals surface area contributed by atoms with E-state index in [1.807, 2.05) is 6.92 Å². The van der Waals surface area contributed by atoms with E-state index >= 15 is 0 Å². The maximum absolute atomic E-state index is 12.4. The lowest BCUT2D eigenvalue weighted by Crippen LogP contribution is -2.41. The highest BCUT2D eigenvalue weighted by Crippen LogP contribution is 2.37. The Morgan fingerprint density at radius 3 is 2.32 bits per heavy atom. The first-order chi connectivity index (χ1) is 11.9. The maximum atomic E-state index is 12.4. The second kappa shape index (κ2) is 7.34. The molecule has 1 aliphatic heterocycles. The number of amides is 3. The molecule has 0 unspecified atom stereocenters.